The zero-order chi connectivity index (χ0) is 12.1. The maximum absolute atomic E-state index is 9.60. The average Bonchev–Trinajstić information content (AvgIpc) is 2.03. The van der Waals surface area contributed by atoms with Gasteiger partial charge in [-0.3, -0.25) is 4.79 Å². The summed E-state index contributed by atoms with van der Waals surface area (Å²) >= 11 is 0. The molecule has 0 aromatic rings. The van der Waals surface area contributed by atoms with E-state index in [4.69, 9.17) is 25.2 Å². The molecule has 0 aliphatic carbocycles. The third-order valence-electron chi connectivity index (χ3n) is 0.465. The Morgan fingerprint density at radius 1 is 1.07 bits per heavy atom. The van der Waals surface area contributed by atoms with Crippen LogP contribution in [0, 0.1) is 0 Å². The second-order valence-corrected chi connectivity index (χ2v) is 2.05. The smallest absolute Gasteiger partial charge is 0.330 e. The Labute approximate surface area is 88.3 Å². The van der Waals surface area contributed by atoms with Gasteiger partial charge in [-0.15, -0.1) is 0 Å². The second-order valence-electron chi connectivity index (χ2n) is 2.05. The SMILES string of the molecule is C=C(C)C(=O)O.CC(=O)O.N.OCCO. The summed E-state index contributed by atoms with van der Waals surface area (Å²) in [6.45, 7) is 5.44. The van der Waals surface area contributed by atoms with Crippen LogP contribution in [0.5, 0.6) is 0 Å². The molecule has 0 spiro atoms. The molecule has 0 aromatic carbocycles. The lowest BCUT2D eigenvalue weighted by Gasteiger charge is -1.79. The van der Waals surface area contributed by atoms with Gasteiger partial charge in [0.15, 0.2) is 0 Å². The quantitative estimate of drug-likeness (QED) is 0.410. The van der Waals surface area contributed by atoms with Crippen molar-refractivity contribution in [2.24, 2.45) is 0 Å². The molecule has 0 rings (SSSR count). The maximum atomic E-state index is 9.60. The number of carbonyl (C=O) groups is 2. The van der Waals surface area contributed by atoms with E-state index in [0.717, 1.165) is 6.92 Å². The minimum Gasteiger partial charge on any atom is -0.481 e. The summed E-state index contributed by atoms with van der Waals surface area (Å²) in [5, 5.41) is 30.6. The topological polar surface area (TPSA) is 150 Å². The molecule has 0 radical (unpaired) electrons. The van der Waals surface area contributed by atoms with Crippen molar-refractivity contribution < 1.29 is 30.0 Å². The molecule has 0 aliphatic heterocycles. The van der Waals surface area contributed by atoms with Crippen LogP contribution in [0.4, 0.5) is 0 Å². The van der Waals surface area contributed by atoms with Crippen LogP contribution in [-0.2, 0) is 9.59 Å². The van der Waals surface area contributed by atoms with E-state index in [1.54, 1.807) is 0 Å². The molecule has 7 N–H and O–H groups in total. The summed E-state index contributed by atoms with van der Waals surface area (Å²) < 4.78 is 0. The standard InChI is InChI=1S/C4H6O2.C2H4O2.C2H6O2.H3N/c1-3(2)4(5)6;1-2(3)4;3-1-2-4;/h1H2,2H3,(H,5,6);1H3,(H,3,4);3-4H,1-2H2;1H3. The van der Waals surface area contributed by atoms with Crippen molar-refractivity contribution >= 4 is 11.9 Å². The third kappa shape index (κ3) is 111. The Morgan fingerprint density at radius 2 is 1.20 bits per heavy atom. The molecule has 92 valence electrons. The first-order valence-corrected chi connectivity index (χ1v) is 3.59. The molecule has 0 saturated carbocycles. The van der Waals surface area contributed by atoms with Gasteiger partial charge >= 0.3 is 5.97 Å². The van der Waals surface area contributed by atoms with E-state index < -0.39 is 11.9 Å². The first-order chi connectivity index (χ1) is 6.29. The summed E-state index contributed by atoms with van der Waals surface area (Å²) in [6.07, 6.45) is 0. The van der Waals surface area contributed by atoms with Crippen molar-refractivity contribution in [1.29, 1.82) is 0 Å². The van der Waals surface area contributed by atoms with E-state index in [1.807, 2.05) is 0 Å². The lowest BCUT2D eigenvalue weighted by molar-refractivity contribution is -0.134. The number of carboxylic acid groups (broad SMARTS) is 2. The van der Waals surface area contributed by atoms with Crippen molar-refractivity contribution in [2.45, 2.75) is 13.8 Å². The van der Waals surface area contributed by atoms with Crippen LogP contribution in [0.15, 0.2) is 12.2 Å². The first-order valence-electron chi connectivity index (χ1n) is 3.59. The third-order valence-corrected chi connectivity index (χ3v) is 0.465. The lowest BCUT2D eigenvalue weighted by atomic mass is 10.4. The van der Waals surface area contributed by atoms with Crippen LogP contribution in [0.1, 0.15) is 13.8 Å². The highest BCUT2D eigenvalue weighted by Gasteiger charge is 1.90. The highest BCUT2D eigenvalue weighted by atomic mass is 16.4. The van der Waals surface area contributed by atoms with Gasteiger partial charge in [0.2, 0.25) is 0 Å². The van der Waals surface area contributed by atoms with Crippen LogP contribution in [0.3, 0.4) is 0 Å². The summed E-state index contributed by atoms with van der Waals surface area (Å²) in [5.74, 6) is -1.77. The Kier molecular flexibility index (Phi) is 28.7. The summed E-state index contributed by atoms with van der Waals surface area (Å²) in [5.41, 5.74) is 0.176. The summed E-state index contributed by atoms with van der Waals surface area (Å²) in [6, 6.07) is 0. The molecule has 0 aliphatic rings. The molecule has 0 unspecified atom stereocenters. The van der Waals surface area contributed by atoms with E-state index in [-0.39, 0.29) is 24.9 Å². The van der Waals surface area contributed by atoms with Gasteiger partial charge in [0.1, 0.15) is 0 Å². The highest BCUT2D eigenvalue weighted by molar-refractivity contribution is 5.84. The van der Waals surface area contributed by atoms with Gasteiger partial charge in [-0.05, 0) is 6.92 Å². The van der Waals surface area contributed by atoms with Crippen LogP contribution >= 0.6 is 0 Å². The molecule has 0 heterocycles. The van der Waals surface area contributed by atoms with Gasteiger partial charge in [0.25, 0.3) is 5.97 Å². The minimum absolute atomic E-state index is 0. The molecule has 0 fully saturated rings. The minimum atomic E-state index is -0.935. The van der Waals surface area contributed by atoms with Crippen molar-refractivity contribution in [3.05, 3.63) is 12.2 Å². The normalized spacial score (nSPS) is 6.67. The molecule has 15 heavy (non-hydrogen) atoms. The van der Waals surface area contributed by atoms with Gasteiger partial charge < -0.3 is 26.6 Å². The van der Waals surface area contributed by atoms with Crippen LogP contribution < -0.4 is 6.15 Å². The van der Waals surface area contributed by atoms with Crippen LogP contribution in [-0.4, -0.2) is 45.6 Å². The van der Waals surface area contributed by atoms with Crippen molar-refractivity contribution in [3.8, 4) is 0 Å². The van der Waals surface area contributed by atoms with Gasteiger partial charge in [0.05, 0.1) is 13.2 Å². The second kappa shape index (κ2) is 18.4. The van der Waals surface area contributed by atoms with Gasteiger partial charge in [-0.1, -0.05) is 6.58 Å². The van der Waals surface area contributed by atoms with E-state index in [2.05, 4.69) is 6.58 Å². The summed E-state index contributed by atoms with van der Waals surface area (Å²) in [4.78, 5) is 18.6. The van der Waals surface area contributed by atoms with Crippen molar-refractivity contribution in [3.63, 3.8) is 0 Å². The molecule has 7 nitrogen and oxygen atoms in total. The fourth-order valence-electron chi connectivity index (χ4n) is 0. The largest absolute Gasteiger partial charge is 0.481 e. The Balaban J connectivity index is -0.0000000606. The van der Waals surface area contributed by atoms with Gasteiger partial charge in [-0.2, -0.15) is 0 Å². The van der Waals surface area contributed by atoms with E-state index in [9.17, 15) is 4.79 Å². The number of hydrogen-bond acceptors (Lipinski definition) is 5. The number of hydrogen-bond donors (Lipinski definition) is 5. The Bertz CT molecular complexity index is 162. The first kappa shape index (κ1) is 23.4. The van der Waals surface area contributed by atoms with Crippen LogP contribution in [0.2, 0.25) is 0 Å². The van der Waals surface area contributed by atoms with E-state index >= 15 is 0 Å². The maximum Gasteiger partial charge on any atom is 0.330 e. The number of aliphatic hydroxyl groups is 2. The molecule has 0 atom stereocenters. The predicted octanol–water partition coefficient (Wildman–Crippen LogP) is -0.129. The molecule has 0 aromatic heterocycles. The lowest BCUT2D eigenvalue weighted by Crippen LogP contribution is -1.92. The number of aliphatic carboxylic acids is 2. The van der Waals surface area contributed by atoms with Gasteiger partial charge in [0, 0.05) is 12.5 Å². The number of carboxylic acids is 2. The molecular formula is C8H19NO6. The zero-order valence-electron chi connectivity index (χ0n) is 8.93. The van der Waals surface area contributed by atoms with Crippen molar-refractivity contribution in [1.82, 2.24) is 6.15 Å². The number of aliphatic hydroxyl groups excluding tert-OH is 2. The van der Waals surface area contributed by atoms with Gasteiger partial charge in [-0.25, -0.2) is 4.79 Å². The molecule has 0 saturated heterocycles. The summed E-state index contributed by atoms with van der Waals surface area (Å²) in [7, 11) is 0. The zero-order valence-corrected chi connectivity index (χ0v) is 8.93. The molecule has 0 amide bonds. The predicted molar refractivity (Wildman–Crippen MR) is 55.0 cm³/mol. The highest BCUT2D eigenvalue weighted by Crippen LogP contribution is 1.81. The molecular weight excluding hydrogens is 206 g/mol. The average molecular weight is 225 g/mol. The van der Waals surface area contributed by atoms with Crippen LogP contribution in [0.25, 0.3) is 0 Å². The molecule has 0 bridgehead atoms. The molecule has 7 heteroatoms. The monoisotopic (exact) mass is 225 g/mol. The number of rotatable bonds is 2. The fraction of sp³-hybridized carbons (Fsp3) is 0.500. The van der Waals surface area contributed by atoms with E-state index in [0.29, 0.717) is 0 Å². The Morgan fingerprint density at radius 3 is 1.20 bits per heavy atom. The van der Waals surface area contributed by atoms with E-state index in [1.165, 1.54) is 6.92 Å². The Hall–Kier alpha value is -1.44. The van der Waals surface area contributed by atoms with Crippen molar-refractivity contribution in [2.75, 3.05) is 13.2 Å². The fourth-order valence-corrected chi connectivity index (χ4v) is 0.